The number of nitrogens with zero attached hydrogens (tertiary/aromatic N) is 4. The number of fused-ring (bicyclic) bond motifs is 3. The zero-order chi connectivity index (χ0) is 21.5. The highest BCUT2D eigenvalue weighted by Crippen LogP contribution is 2.44. The molecule has 156 valence electrons. The van der Waals surface area contributed by atoms with Crippen molar-refractivity contribution in [2.24, 2.45) is 0 Å². The number of thiazole rings is 1. The lowest BCUT2D eigenvalue weighted by Crippen LogP contribution is -2.10. The molecule has 1 aliphatic rings. The van der Waals surface area contributed by atoms with Crippen LogP contribution in [0.15, 0.2) is 47.1 Å². The summed E-state index contributed by atoms with van der Waals surface area (Å²) in [5, 5.41) is 8.22. The summed E-state index contributed by atoms with van der Waals surface area (Å²) >= 11 is 4.94. The van der Waals surface area contributed by atoms with Crippen molar-refractivity contribution in [2.45, 2.75) is 19.8 Å². The summed E-state index contributed by atoms with van der Waals surface area (Å²) in [7, 11) is 1.34. The van der Waals surface area contributed by atoms with Crippen molar-refractivity contribution < 1.29 is 9.53 Å². The lowest BCUT2D eigenvalue weighted by Gasteiger charge is -2.14. The van der Waals surface area contributed by atoms with E-state index in [0.717, 1.165) is 61.8 Å². The van der Waals surface area contributed by atoms with Gasteiger partial charge in [0.25, 0.3) is 0 Å². The molecule has 0 unspecified atom stereocenters. The minimum atomic E-state index is -0.529. The average Bonchev–Trinajstić information content (AvgIpc) is 3.35. The van der Waals surface area contributed by atoms with E-state index in [9.17, 15) is 4.79 Å². The van der Waals surface area contributed by atoms with Crippen molar-refractivity contribution in [3.8, 4) is 27.5 Å². The quantitative estimate of drug-likeness (QED) is 0.411. The molecule has 1 aromatic carbocycles. The molecular weight excluding hydrogens is 478 g/mol. The Balaban J connectivity index is 1.70. The van der Waals surface area contributed by atoms with Crippen LogP contribution in [-0.2, 0) is 17.6 Å². The lowest BCUT2D eigenvalue weighted by atomic mass is 9.95. The van der Waals surface area contributed by atoms with Gasteiger partial charge < -0.3 is 4.74 Å². The van der Waals surface area contributed by atoms with Crippen molar-refractivity contribution in [2.75, 3.05) is 12.4 Å². The number of pyridine rings is 1. The number of methoxy groups -OCH3 is 1. The maximum atomic E-state index is 11.7. The van der Waals surface area contributed by atoms with E-state index in [0.29, 0.717) is 5.13 Å². The molecule has 7 nitrogen and oxygen atoms in total. The lowest BCUT2D eigenvalue weighted by molar-refractivity contribution is 0.187. The number of amides is 1. The van der Waals surface area contributed by atoms with Crippen molar-refractivity contribution in [3.63, 3.8) is 0 Å². The Kier molecular flexibility index (Phi) is 5.07. The Morgan fingerprint density at radius 3 is 2.71 bits per heavy atom. The number of carbonyl (C=O) groups is 1. The van der Waals surface area contributed by atoms with Gasteiger partial charge in [-0.2, -0.15) is 5.10 Å². The number of benzene rings is 1. The van der Waals surface area contributed by atoms with E-state index in [2.05, 4.69) is 37.3 Å². The first-order valence-electron chi connectivity index (χ1n) is 9.69. The van der Waals surface area contributed by atoms with Crippen LogP contribution in [0.5, 0.6) is 0 Å². The summed E-state index contributed by atoms with van der Waals surface area (Å²) in [4.78, 5) is 21.8. The van der Waals surface area contributed by atoms with Crippen molar-refractivity contribution in [3.05, 3.63) is 64.0 Å². The number of rotatable bonds is 3. The first-order chi connectivity index (χ1) is 15.0. The number of aromatic nitrogens is 4. The maximum Gasteiger partial charge on any atom is 0.413 e. The first-order valence-corrected chi connectivity index (χ1v) is 11.3. The smallest absolute Gasteiger partial charge is 0.413 e. The molecule has 5 rings (SSSR count). The minimum Gasteiger partial charge on any atom is -0.453 e. The SMILES string of the molecule is COC(=O)Nc1nc2c(s1)-c1c(c(-c3ccc(C)nc3)nn1-c1ccc(Br)cc1)CC2. The normalized spacial score (nSPS) is 12.2. The first kappa shape index (κ1) is 19.9. The van der Waals surface area contributed by atoms with Gasteiger partial charge in [0.15, 0.2) is 5.13 Å². The molecule has 1 aliphatic carbocycles. The van der Waals surface area contributed by atoms with Crippen LogP contribution < -0.4 is 5.32 Å². The highest BCUT2D eigenvalue weighted by atomic mass is 79.9. The summed E-state index contributed by atoms with van der Waals surface area (Å²) in [5.74, 6) is 0. The van der Waals surface area contributed by atoms with Gasteiger partial charge >= 0.3 is 6.09 Å². The number of halogens is 1. The summed E-state index contributed by atoms with van der Waals surface area (Å²) in [6.07, 6.45) is 2.93. The predicted octanol–water partition coefficient (Wildman–Crippen LogP) is 5.41. The molecule has 0 fully saturated rings. The fraction of sp³-hybridized carbons (Fsp3) is 0.182. The van der Waals surface area contributed by atoms with Gasteiger partial charge in [-0.25, -0.2) is 14.5 Å². The Bertz CT molecular complexity index is 1280. The van der Waals surface area contributed by atoms with E-state index in [-0.39, 0.29) is 0 Å². The standard InChI is InChI=1S/C22H18BrN5O2S/c1-12-3-4-13(11-24-12)18-16-9-10-17-20(31-21(25-17)26-22(29)30-2)19(16)28(27-18)15-7-5-14(23)6-8-15/h3-8,11H,9-10H2,1-2H3,(H,25,26,29). The Morgan fingerprint density at radius 1 is 1.19 bits per heavy atom. The number of hydrogen-bond donors (Lipinski definition) is 1. The molecule has 1 amide bonds. The molecule has 3 heterocycles. The van der Waals surface area contributed by atoms with Gasteiger partial charge in [0.1, 0.15) is 0 Å². The van der Waals surface area contributed by atoms with Crippen LogP contribution in [0.3, 0.4) is 0 Å². The molecule has 0 radical (unpaired) electrons. The Morgan fingerprint density at radius 2 is 2.00 bits per heavy atom. The van der Waals surface area contributed by atoms with Crippen LogP contribution in [0, 0.1) is 6.92 Å². The maximum absolute atomic E-state index is 11.7. The van der Waals surface area contributed by atoms with E-state index in [4.69, 9.17) is 9.84 Å². The second-order valence-corrected chi connectivity index (χ2v) is 9.08. The summed E-state index contributed by atoms with van der Waals surface area (Å²) < 4.78 is 7.69. The van der Waals surface area contributed by atoms with Gasteiger partial charge in [-0.05, 0) is 56.2 Å². The molecule has 31 heavy (non-hydrogen) atoms. The zero-order valence-corrected chi connectivity index (χ0v) is 19.2. The molecule has 0 saturated carbocycles. The highest BCUT2D eigenvalue weighted by molar-refractivity contribution is 9.10. The van der Waals surface area contributed by atoms with Gasteiger partial charge in [-0.3, -0.25) is 10.3 Å². The third-order valence-corrected chi connectivity index (χ3v) is 6.71. The van der Waals surface area contributed by atoms with Crippen LogP contribution in [0.25, 0.3) is 27.5 Å². The van der Waals surface area contributed by atoms with Gasteiger partial charge in [0, 0.05) is 27.5 Å². The van der Waals surface area contributed by atoms with Crippen LogP contribution in [-0.4, -0.2) is 33.0 Å². The topological polar surface area (TPSA) is 81.9 Å². The van der Waals surface area contributed by atoms with Crippen molar-refractivity contribution in [1.82, 2.24) is 19.7 Å². The number of nitrogens with one attached hydrogen (secondary N) is 1. The molecular formula is C22H18BrN5O2S. The monoisotopic (exact) mass is 495 g/mol. The number of anilines is 1. The van der Waals surface area contributed by atoms with E-state index in [1.807, 2.05) is 48.1 Å². The van der Waals surface area contributed by atoms with Gasteiger partial charge in [0.05, 0.1) is 34.8 Å². The number of hydrogen-bond acceptors (Lipinski definition) is 6. The minimum absolute atomic E-state index is 0.520. The molecule has 4 aromatic rings. The van der Waals surface area contributed by atoms with Crippen molar-refractivity contribution in [1.29, 1.82) is 0 Å². The number of ether oxygens (including phenoxy) is 1. The molecule has 9 heteroatoms. The molecule has 0 bridgehead atoms. The zero-order valence-electron chi connectivity index (χ0n) is 16.8. The fourth-order valence-corrected chi connectivity index (χ4v) is 4.99. The van der Waals surface area contributed by atoms with Crippen molar-refractivity contribution >= 4 is 38.5 Å². The van der Waals surface area contributed by atoms with Gasteiger partial charge in [-0.15, -0.1) is 0 Å². The molecule has 3 aromatic heterocycles. The van der Waals surface area contributed by atoms with Gasteiger partial charge in [0.2, 0.25) is 0 Å². The van der Waals surface area contributed by atoms with Crippen LogP contribution in [0.4, 0.5) is 9.93 Å². The fourth-order valence-electron chi connectivity index (χ4n) is 3.67. The molecule has 0 atom stereocenters. The molecule has 1 N–H and O–H groups in total. The molecule has 0 aliphatic heterocycles. The van der Waals surface area contributed by atoms with Crippen LogP contribution >= 0.6 is 27.3 Å². The second kappa shape index (κ2) is 7.90. The molecule has 0 saturated heterocycles. The number of carbonyl (C=O) groups excluding carboxylic acids is 1. The average molecular weight is 496 g/mol. The van der Waals surface area contributed by atoms with Crippen LogP contribution in [0.2, 0.25) is 0 Å². The largest absolute Gasteiger partial charge is 0.453 e. The summed E-state index contributed by atoms with van der Waals surface area (Å²) in [6, 6.07) is 12.1. The van der Waals surface area contributed by atoms with E-state index >= 15 is 0 Å². The Labute approximate surface area is 191 Å². The van der Waals surface area contributed by atoms with E-state index < -0.39 is 6.09 Å². The highest BCUT2D eigenvalue weighted by Gasteiger charge is 2.30. The summed E-state index contributed by atoms with van der Waals surface area (Å²) in [6.45, 7) is 1.97. The van der Waals surface area contributed by atoms with Gasteiger partial charge in [-0.1, -0.05) is 27.3 Å². The number of aryl methyl sites for hydroxylation is 2. The third-order valence-electron chi connectivity index (χ3n) is 5.16. The third kappa shape index (κ3) is 3.64. The predicted molar refractivity (Wildman–Crippen MR) is 124 cm³/mol. The van der Waals surface area contributed by atoms with E-state index in [1.54, 1.807) is 0 Å². The summed E-state index contributed by atoms with van der Waals surface area (Å²) in [5.41, 5.74) is 6.95. The van der Waals surface area contributed by atoms with Crippen LogP contribution in [0.1, 0.15) is 17.0 Å². The molecule has 0 spiro atoms. The Hall–Kier alpha value is -3.04. The second-order valence-electron chi connectivity index (χ2n) is 7.16. The van der Waals surface area contributed by atoms with E-state index in [1.165, 1.54) is 18.4 Å².